The lowest BCUT2D eigenvalue weighted by Gasteiger charge is -2.24. The third-order valence-corrected chi connectivity index (χ3v) is 7.35. The number of hydrogen-bond acceptors (Lipinski definition) is 8. The number of hydrogen-bond donors (Lipinski definition) is 3. The number of aliphatic hydroxyl groups excluding tert-OH is 1. The molecule has 0 aliphatic carbocycles. The molecular weight excluding hydrogens is 565 g/mol. The molecule has 2 unspecified atom stereocenters. The van der Waals surface area contributed by atoms with Gasteiger partial charge in [0.15, 0.2) is 11.5 Å². The van der Waals surface area contributed by atoms with Crippen LogP contribution < -0.4 is 21.8 Å². The highest BCUT2D eigenvalue weighted by Crippen LogP contribution is 2.30. The highest BCUT2D eigenvalue weighted by molar-refractivity contribution is 7.16. The maximum absolute atomic E-state index is 14.1. The van der Waals surface area contributed by atoms with Crippen LogP contribution in [0.3, 0.4) is 0 Å². The van der Waals surface area contributed by atoms with E-state index in [-0.39, 0.29) is 12.2 Å². The quantitative estimate of drug-likeness (QED) is 0.153. The molecule has 0 spiro atoms. The van der Waals surface area contributed by atoms with Gasteiger partial charge in [-0.15, -0.1) is 9.24 Å². The van der Waals surface area contributed by atoms with Crippen molar-refractivity contribution >= 4 is 9.24 Å². The second-order valence-electron chi connectivity index (χ2n) is 10.4. The van der Waals surface area contributed by atoms with E-state index in [1.807, 2.05) is 55.5 Å². The van der Waals surface area contributed by atoms with Gasteiger partial charge in [0, 0.05) is 24.0 Å². The number of aliphatic hydroxyl groups is 1. The number of ether oxygens (including phenoxy) is 1. The molecule has 43 heavy (non-hydrogen) atoms. The van der Waals surface area contributed by atoms with E-state index in [2.05, 4.69) is 19.4 Å². The summed E-state index contributed by atoms with van der Waals surface area (Å²) >= 11 is 0. The molecule has 222 valence electrons. The lowest BCUT2D eigenvalue weighted by molar-refractivity contribution is 0.0306. The van der Waals surface area contributed by atoms with E-state index in [1.54, 1.807) is 35.8 Å². The maximum Gasteiger partial charge on any atom is 0.439 e. The Morgan fingerprint density at radius 2 is 1.74 bits per heavy atom. The van der Waals surface area contributed by atoms with E-state index in [0.717, 1.165) is 34.1 Å². The minimum absolute atomic E-state index is 0.114. The minimum atomic E-state index is -1.21. The van der Waals surface area contributed by atoms with E-state index >= 15 is 0 Å². The largest absolute Gasteiger partial charge is 0.471 e. The average molecular weight is 600 g/mol. The van der Waals surface area contributed by atoms with Gasteiger partial charge in [-0.25, -0.2) is 9.78 Å². The zero-order chi connectivity index (χ0) is 30.6. The molecular formula is C32H34N5O5P. The van der Waals surface area contributed by atoms with Crippen molar-refractivity contribution in [2.24, 2.45) is 5.73 Å². The Balaban J connectivity index is 1.49. The molecule has 4 N–H and O–H groups in total. The van der Waals surface area contributed by atoms with Crippen molar-refractivity contribution < 1.29 is 14.4 Å². The van der Waals surface area contributed by atoms with Crippen LogP contribution in [-0.4, -0.2) is 43.3 Å². The first-order valence-electron chi connectivity index (χ1n) is 14.0. The number of nitrogens with zero attached hydrogens (tertiary/aromatic N) is 3. The number of nitrogens with one attached hydrogen (secondary N) is 1. The van der Waals surface area contributed by atoms with Crippen molar-refractivity contribution in [1.82, 2.24) is 19.7 Å². The number of aryl methyl sites for hydroxylation is 2. The van der Waals surface area contributed by atoms with Crippen molar-refractivity contribution in [2.75, 3.05) is 12.8 Å². The summed E-state index contributed by atoms with van der Waals surface area (Å²) < 4.78 is 12.0. The van der Waals surface area contributed by atoms with Crippen molar-refractivity contribution in [2.45, 2.75) is 38.8 Å². The molecule has 3 aromatic carbocycles. The van der Waals surface area contributed by atoms with E-state index in [4.69, 9.17) is 20.0 Å². The first-order chi connectivity index (χ1) is 20.7. The van der Waals surface area contributed by atoms with E-state index in [1.165, 1.54) is 0 Å². The van der Waals surface area contributed by atoms with Crippen LogP contribution in [0.15, 0.2) is 86.9 Å². The molecule has 10 nitrogen and oxygen atoms in total. The summed E-state index contributed by atoms with van der Waals surface area (Å²) in [5.74, 6) is 0.907. The Bertz CT molecular complexity index is 1830. The summed E-state index contributed by atoms with van der Waals surface area (Å²) in [6.07, 6.45) is 2.43. The molecule has 0 radical (unpaired) electrons. The van der Waals surface area contributed by atoms with Crippen LogP contribution in [-0.2, 0) is 19.3 Å². The van der Waals surface area contributed by atoms with Crippen LogP contribution in [0.5, 0.6) is 5.75 Å². The van der Waals surface area contributed by atoms with Gasteiger partial charge in [0.2, 0.25) is 0 Å². The lowest BCUT2D eigenvalue weighted by Crippen LogP contribution is -2.46. The zero-order valence-corrected chi connectivity index (χ0v) is 25.2. The summed E-state index contributed by atoms with van der Waals surface area (Å²) in [5.41, 5.74) is 10.2. The van der Waals surface area contributed by atoms with Gasteiger partial charge in [-0.3, -0.25) is 24.6 Å². The van der Waals surface area contributed by atoms with Crippen molar-refractivity contribution in [3.05, 3.63) is 116 Å². The van der Waals surface area contributed by atoms with E-state index < -0.39 is 11.5 Å². The minimum Gasteiger partial charge on any atom is -0.471 e. The smallest absolute Gasteiger partial charge is 0.439 e. The molecule has 0 amide bonds. The molecule has 5 rings (SSSR count). The molecule has 11 heteroatoms. The third kappa shape index (κ3) is 6.67. The van der Waals surface area contributed by atoms with Gasteiger partial charge in [-0.05, 0) is 60.5 Å². The summed E-state index contributed by atoms with van der Waals surface area (Å²) in [7, 11) is 2.72. The summed E-state index contributed by atoms with van der Waals surface area (Å²) in [5, 5.41) is 13.3. The summed E-state index contributed by atoms with van der Waals surface area (Å²) in [4.78, 5) is 33.2. The van der Waals surface area contributed by atoms with E-state index in [0.29, 0.717) is 47.9 Å². The summed E-state index contributed by atoms with van der Waals surface area (Å²) in [6, 6.07) is 22.6. The Hall–Kier alpha value is -4.37. The van der Waals surface area contributed by atoms with Crippen molar-refractivity contribution in [1.29, 1.82) is 0 Å². The third-order valence-electron chi connectivity index (χ3n) is 7.06. The Labute approximate surface area is 250 Å². The Morgan fingerprint density at radius 3 is 2.35 bits per heavy atom. The topological polar surface area (TPSA) is 149 Å². The first kappa shape index (κ1) is 30.1. The number of benzene rings is 3. The zero-order valence-electron chi connectivity index (χ0n) is 24.0. The van der Waals surface area contributed by atoms with Crippen molar-refractivity contribution in [3.8, 4) is 34.0 Å². The number of aromatic nitrogens is 4. The van der Waals surface area contributed by atoms with Gasteiger partial charge in [-0.2, -0.15) is 0 Å². The highest BCUT2D eigenvalue weighted by atomic mass is 31.0. The molecule has 0 saturated heterocycles. The molecule has 2 aromatic heterocycles. The Kier molecular flexibility index (Phi) is 9.01. The predicted octanol–water partition coefficient (Wildman–Crippen LogP) is 3.86. The fourth-order valence-electron chi connectivity index (χ4n) is 4.93. The number of rotatable bonds is 11. The van der Waals surface area contributed by atoms with Crippen LogP contribution in [0.4, 0.5) is 0 Å². The second-order valence-corrected chi connectivity index (χ2v) is 11.0. The monoisotopic (exact) mass is 599 g/mol. The van der Waals surface area contributed by atoms with Crippen molar-refractivity contribution in [3.63, 3.8) is 0 Å². The maximum atomic E-state index is 14.1. The SMILES string of the molecule is CCc1nc(CCP)c(Cc2ccc(-c3ccccc3-c3noc(=O)[nH]3)cc2)c(=O)n1-c1ccc(OC(C)(N)CO)cc1. The van der Waals surface area contributed by atoms with Crippen LogP contribution in [0, 0.1) is 0 Å². The molecule has 2 heterocycles. The Morgan fingerprint density at radius 1 is 1.05 bits per heavy atom. The molecule has 0 saturated carbocycles. The number of nitrogens with two attached hydrogens (primary N) is 1. The van der Waals surface area contributed by atoms with Gasteiger partial charge >= 0.3 is 5.76 Å². The van der Waals surface area contributed by atoms with Crippen LogP contribution >= 0.6 is 9.24 Å². The van der Waals surface area contributed by atoms with Crippen LogP contribution in [0.2, 0.25) is 0 Å². The molecule has 0 bridgehead atoms. The fraction of sp³-hybridized carbons (Fsp3) is 0.250. The lowest BCUT2D eigenvalue weighted by atomic mass is 9.96. The van der Waals surface area contributed by atoms with E-state index in [9.17, 15) is 14.7 Å². The second kappa shape index (κ2) is 12.9. The standard InChI is InChI=1S/C32H34N5O5P/c1-3-28-34-27(16-17-43)26(30(39)37(28)22-12-14-23(15-13-22)41-32(2,33)19-38)18-20-8-10-21(11-9-20)24-6-4-5-7-25(24)29-35-31(40)42-36-29/h4-15,38H,3,16-19,33,43H2,1-2H3,(H,35,36,40). The highest BCUT2D eigenvalue weighted by Gasteiger charge is 2.20. The molecule has 2 atom stereocenters. The van der Waals surface area contributed by atoms with Gasteiger partial charge in [0.05, 0.1) is 18.0 Å². The molecule has 0 aliphatic rings. The van der Waals surface area contributed by atoms with Gasteiger partial charge in [0.25, 0.3) is 5.56 Å². The number of H-pyrrole nitrogens is 1. The average Bonchev–Trinajstić information content (AvgIpc) is 3.45. The first-order valence-corrected chi connectivity index (χ1v) is 14.8. The fourth-order valence-corrected chi connectivity index (χ4v) is 5.21. The molecule has 5 aromatic rings. The normalized spacial score (nSPS) is 12.7. The molecule has 0 aliphatic heterocycles. The van der Waals surface area contributed by atoms with Gasteiger partial charge in [0.1, 0.15) is 11.6 Å². The van der Waals surface area contributed by atoms with Crippen LogP contribution in [0.1, 0.15) is 36.5 Å². The van der Waals surface area contributed by atoms with Crippen LogP contribution in [0.25, 0.3) is 28.2 Å². The number of aromatic amines is 1. The van der Waals surface area contributed by atoms with Gasteiger partial charge in [-0.1, -0.05) is 60.6 Å². The summed E-state index contributed by atoms with van der Waals surface area (Å²) in [6.45, 7) is 3.23. The molecule has 0 fully saturated rings. The van der Waals surface area contributed by atoms with Gasteiger partial charge < -0.3 is 9.84 Å². The predicted molar refractivity (Wildman–Crippen MR) is 169 cm³/mol.